The van der Waals surface area contributed by atoms with E-state index in [0.717, 1.165) is 18.5 Å². The van der Waals surface area contributed by atoms with Gasteiger partial charge in [0.15, 0.2) is 5.76 Å². The fourth-order valence-electron chi connectivity index (χ4n) is 2.75. The van der Waals surface area contributed by atoms with Gasteiger partial charge in [-0.1, -0.05) is 5.16 Å². The molecule has 1 amide bonds. The highest BCUT2D eigenvalue weighted by atomic mass is 19.1. The average molecular weight is 289 g/mol. The van der Waals surface area contributed by atoms with Crippen LogP contribution < -0.4 is 5.73 Å². The molecule has 3 rings (SSSR count). The van der Waals surface area contributed by atoms with Gasteiger partial charge >= 0.3 is 0 Å². The van der Waals surface area contributed by atoms with Crippen LogP contribution in [0.25, 0.3) is 0 Å². The van der Waals surface area contributed by atoms with Crippen molar-refractivity contribution in [3.63, 3.8) is 0 Å². The highest BCUT2D eigenvalue weighted by Gasteiger charge is 2.33. The normalized spacial score (nSPS) is 18.2. The van der Waals surface area contributed by atoms with Crippen LogP contribution in [0.5, 0.6) is 0 Å². The van der Waals surface area contributed by atoms with E-state index in [1.807, 2.05) is 13.0 Å². The summed E-state index contributed by atoms with van der Waals surface area (Å²) in [6.07, 6.45) is 1.69. The summed E-state index contributed by atoms with van der Waals surface area (Å²) in [6.45, 7) is 2.45. The number of carbonyl (C=O) groups excluding carboxylic acids is 1. The van der Waals surface area contributed by atoms with Crippen molar-refractivity contribution in [2.75, 3.05) is 12.3 Å². The number of nitrogens with two attached hydrogens (primary N) is 1. The number of aromatic nitrogens is 1. The van der Waals surface area contributed by atoms with E-state index >= 15 is 0 Å². The number of carbonyl (C=O) groups is 1. The molecule has 1 atom stereocenters. The number of rotatable bonds is 2. The Morgan fingerprint density at radius 2 is 2.24 bits per heavy atom. The Bertz CT molecular complexity index is 663. The Kier molecular flexibility index (Phi) is 3.37. The Morgan fingerprint density at radius 3 is 2.90 bits per heavy atom. The third kappa shape index (κ3) is 2.61. The molecule has 110 valence electrons. The first-order valence-corrected chi connectivity index (χ1v) is 6.85. The van der Waals surface area contributed by atoms with Crippen LogP contribution >= 0.6 is 0 Å². The second-order valence-electron chi connectivity index (χ2n) is 5.30. The molecule has 0 aliphatic carbocycles. The molecule has 1 aliphatic rings. The number of hydrogen-bond donors (Lipinski definition) is 1. The maximum absolute atomic E-state index is 13.4. The molecule has 1 saturated heterocycles. The van der Waals surface area contributed by atoms with Crippen LogP contribution in [0.1, 0.15) is 40.7 Å². The zero-order valence-corrected chi connectivity index (χ0v) is 11.7. The monoisotopic (exact) mass is 289 g/mol. The van der Waals surface area contributed by atoms with Gasteiger partial charge in [-0.2, -0.15) is 0 Å². The number of aryl methyl sites for hydroxylation is 1. The third-order valence-corrected chi connectivity index (χ3v) is 3.66. The number of anilines is 1. The number of halogens is 1. The van der Waals surface area contributed by atoms with E-state index in [1.54, 1.807) is 4.90 Å². The standard InChI is InChI=1S/C15H16FN3O2/c1-9-5-14(21-18-9)13-3-2-4-19(13)15(20)10-6-11(16)8-12(17)7-10/h5-8,13H,2-4,17H2,1H3. The molecule has 0 saturated carbocycles. The molecule has 1 aromatic carbocycles. The summed E-state index contributed by atoms with van der Waals surface area (Å²) in [5.74, 6) is -0.0786. The first-order valence-electron chi connectivity index (χ1n) is 6.85. The van der Waals surface area contributed by atoms with Crippen molar-refractivity contribution in [1.82, 2.24) is 10.1 Å². The Morgan fingerprint density at radius 1 is 1.43 bits per heavy atom. The second-order valence-corrected chi connectivity index (χ2v) is 5.30. The number of benzene rings is 1. The van der Waals surface area contributed by atoms with Crippen LogP contribution in [0, 0.1) is 12.7 Å². The van der Waals surface area contributed by atoms with E-state index in [0.29, 0.717) is 12.3 Å². The summed E-state index contributed by atoms with van der Waals surface area (Å²) >= 11 is 0. The van der Waals surface area contributed by atoms with Gasteiger partial charge in [0.2, 0.25) is 0 Å². The van der Waals surface area contributed by atoms with E-state index in [9.17, 15) is 9.18 Å². The fraction of sp³-hybridized carbons (Fsp3) is 0.333. The molecule has 1 aliphatic heterocycles. The molecule has 0 bridgehead atoms. The number of likely N-dealkylation sites (tertiary alicyclic amines) is 1. The van der Waals surface area contributed by atoms with Crippen molar-refractivity contribution >= 4 is 11.6 Å². The van der Waals surface area contributed by atoms with Crippen molar-refractivity contribution in [3.8, 4) is 0 Å². The quantitative estimate of drug-likeness (QED) is 0.863. The minimum Gasteiger partial charge on any atom is -0.399 e. The molecular formula is C15H16FN3O2. The van der Waals surface area contributed by atoms with E-state index in [2.05, 4.69) is 5.16 Å². The van der Waals surface area contributed by atoms with Crippen LogP contribution in [0.4, 0.5) is 10.1 Å². The highest BCUT2D eigenvalue weighted by Crippen LogP contribution is 2.33. The zero-order chi connectivity index (χ0) is 15.0. The van der Waals surface area contributed by atoms with Gasteiger partial charge in [-0.15, -0.1) is 0 Å². The van der Waals surface area contributed by atoms with Crippen molar-refractivity contribution in [1.29, 1.82) is 0 Å². The molecule has 0 radical (unpaired) electrons. The number of amides is 1. The van der Waals surface area contributed by atoms with Crippen molar-refractivity contribution in [2.24, 2.45) is 0 Å². The number of hydrogen-bond acceptors (Lipinski definition) is 4. The molecule has 1 aromatic heterocycles. The molecule has 21 heavy (non-hydrogen) atoms. The smallest absolute Gasteiger partial charge is 0.254 e. The van der Waals surface area contributed by atoms with Crippen LogP contribution in [0.3, 0.4) is 0 Å². The molecule has 5 nitrogen and oxygen atoms in total. The van der Waals surface area contributed by atoms with Gasteiger partial charge in [0.1, 0.15) is 5.82 Å². The minimum atomic E-state index is -0.510. The summed E-state index contributed by atoms with van der Waals surface area (Å²) < 4.78 is 18.7. The third-order valence-electron chi connectivity index (χ3n) is 3.66. The Labute approximate surface area is 121 Å². The molecule has 6 heteroatoms. The average Bonchev–Trinajstić information content (AvgIpc) is 3.04. The Hall–Kier alpha value is -2.37. The first-order chi connectivity index (χ1) is 10.0. The van der Waals surface area contributed by atoms with Crippen molar-refractivity contribution in [2.45, 2.75) is 25.8 Å². The molecular weight excluding hydrogens is 273 g/mol. The van der Waals surface area contributed by atoms with Crippen LogP contribution in [-0.4, -0.2) is 22.5 Å². The van der Waals surface area contributed by atoms with Gasteiger partial charge in [0, 0.05) is 23.9 Å². The van der Waals surface area contributed by atoms with Crippen molar-refractivity contribution < 1.29 is 13.7 Å². The SMILES string of the molecule is Cc1cc(C2CCCN2C(=O)c2cc(N)cc(F)c2)on1. The van der Waals surface area contributed by atoms with E-state index < -0.39 is 5.82 Å². The molecule has 1 unspecified atom stereocenters. The lowest BCUT2D eigenvalue weighted by molar-refractivity contribution is 0.0714. The summed E-state index contributed by atoms with van der Waals surface area (Å²) in [5.41, 5.74) is 6.88. The lowest BCUT2D eigenvalue weighted by Crippen LogP contribution is -2.30. The largest absolute Gasteiger partial charge is 0.399 e. The topological polar surface area (TPSA) is 72.4 Å². The molecule has 0 spiro atoms. The van der Waals surface area contributed by atoms with E-state index in [4.69, 9.17) is 10.3 Å². The zero-order valence-electron chi connectivity index (χ0n) is 11.7. The van der Waals surface area contributed by atoms with Gasteiger partial charge < -0.3 is 15.2 Å². The van der Waals surface area contributed by atoms with Crippen molar-refractivity contribution in [3.05, 3.63) is 47.1 Å². The number of nitrogen functional groups attached to an aromatic ring is 1. The van der Waals surface area contributed by atoms with Crippen LogP contribution in [0.2, 0.25) is 0 Å². The number of nitrogens with zero attached hydrogens (tertiary/aromatic N) is 2. The second kappa shape index (κ2) is 5.20. The molecule has 2 N–H and O–H groups in total. The lowest BCUT2D eigenvalue weighted by atomic mass is 10.1. The Balaban J connectivity index is 1.89. The van der Waals surface area contributed by atoms with Crippen LogP contribution in [-0.2, 0) is 0 Å². The highest BCUT2D eigenvalue weighted by molar-refractivity contribution is 5.95. The molecule has 1 fully saturated rings. The van der Waals surface area contributed by atoms with Gasteiger partial charge in [-0.3, -0.25) is 4.79 Å². The van der Waals surface area contributed by atoms with E-state index in [1.165, 1.54) is 18.2 Å². The molecule has 2 heterocycles. The van der Waals surface area contributed by atoms with Gasteiger partial charge in [0.05, 0.1) is 11.7 Å². The lowest BCUT2D eigenvalue weighted by Gasteiger charge is -2.22. The summed E-state index contributed by atoms with van der Waals surface area (Å²) in [4.78, 5) is 14.3. The predicted molar refractivity (Wildman–Crippen MR) is 75.1 cm³/mol. The van der Waals surface area contributed by atoms with Gasteiger partial charge in [0.25, 0.3) is 5.91 Å². The van der Waals surface area contributed by atoms with E-state index in [-0.39, 0.29) is 23.2 Å². The summed E-state index contributed by atoms with van der Waals surface area (Å²) in [7, 11) is 0. The summed E-state index contributed by atoms with van der Waals surface area (Å²) in [6, 6.07) is 5.57. The van der Waals surface area contributed by atoms with Gasteiger partial charge in [-0.25, -0.2) is 4.39 Å². The fourth-order valence-corrected chi connectivity index (χ4v) is 2.75. The van der Waals surface area contributed by atoms with Crippen LogP contribution in [0.15, 0.2) is 28.8 Å². The molecule has 2 aromatic rings. The first kappa shape index (κ1) is 13.6. The summed E-state index contributed by atoms with van der Waals surface area (Å²) in [5, 5.41) is 3.86. The maximum Gasteiger partial charge on any atom is 0.254 e. The van der Waals surface area contributed by atoms with Gasteiger partial charge in [-0.05, 0) is 38.0 Å². The predicted octanol–water partition coefficient (Wildman–Crippen LogP) is 2.68. The maximum atomic E-state index is 13.4. The minimum absolute atomic E-state index is 0.150.